The molecular weight excluding hydrogens is 220 g/mol. The van der Waals surface area contributed by atoms with Crippen molar-refractivity contribution in [2.75, 3.05) is 0 Å². The van der Waals surface area contributed by atoms with Crippen molar-refractivity contribution < 1.29 is 4.42 Å². The third-order valence-corrected chi connectivity index (χ3v) is 4.40. The van der Waals surface area contributed by atoms with Gasteiger partial charge in [0.2, 0.25) is 0 Å². The van der Waals surface area contributed by atoms with E-state index < -0.39 is 0 Å². The van der Waals surface area contributed by atoms with Crippen LogP contribution in [0.1, 0.15) is 33.3 Å². The number of hydrogen-bond acceptors (Lipinski definition) is 4. The van der Waals surface area contributed by atoms with Crippen LogP contribution in [0.2, 0.25) is 0 Å². The lowest BCUT2D eigenvalue weighted by Crippen LogP contribution is -2.27. The Bertz CT molecular complexity index is 454. The molecule has 0 saturated heterocycles. The Kier molecular flexibility index (Phi) is 2.55. The maximum absolute atomic E-state index is 5.63. The van der Waals surface area contributed by atoms with Crippen molar-refractivity contribution in [1.29, 1.82) is 0 Å². The van der Waals surface area contributed by atoms with Gasteiger partial charge in [0.15, 0.2) is 0 Å². The zero-order valence-corrected chi connectivity index (χ0v) is 9.72. The van der Waals surface area contributed by atoms with Crippen molar-refractivity contribution in [3.05, 3.63) is 45.5 Å². The molecule has 84 valence electrons. The molecule has 1 aliphatic rings. The molecule has 0 bridgehead atoms. The molecule has 0 spiro atoms. The zero-order chi connectivity index (χ0) is 11.0. The average molecular weight is 234 g/mol. The highest BCUT2D eigenvalue weighted by Crippen LogP contribution is 2.35. The number of furan rings is 1. The summed E-state index contributed by atoms with van der Waals surface area (Å²) < 4.78 is 5.11. The molecule has 0 saturated carbocycles. The van der Waals surface area contributed by atoms with Gasteiger partial charge >= 0.3 is 0 Å². The molecule has 1 unspecified atom stereocenters. The van der Waals surface area contributed by atoms with Crippen molar-refractivity contribution >= 4 is 11.3 Å². The van der Waals surface area contributed by atoms with Gasteiger partial charge in [0.1, 0.15) is 0 Å². The minimum absolute atomic E-state index is 0.0642. The van der Waals surface area contributed by atoms with Gasteiger partial charge in [0.05, 0.1) is 18.6 Å². The third kappa shape index (κ3) is 1.59. The molecule has 16 heavy (non-hydrogen) atoms. The topological polar surface area (TPSA) is 51.2 Å². The number of nitrogens with two attached hydrogens (primary N) is 1. The fourth-order valence-electron chi connectivity index (χ4n) is 2.28. The first kappa shape index (κ1) is 10.1. The van der Waals surface area contributed by atoms with Crippen molar-refractivity contribution in [3.63, 3.8) is 0 Å². The molecule has 4 heteroatoms. The molecule has 2 aromatic rings. The van der Waals surface area contributed by atoms with Crippen LogP contribution in [0.5, 0.6) is 0 Å². The first-order chi connectivity index (χ1) is 7.88. The van der Waals surface area contributed by atoms with Crippen LogP contribution in [-0.4, -0.2) is 0 Å². The van der Waals surface area contributed by atoms with Crippen LogP contribution in [0, 0.1) is 0 Å². The van der Waals surface area contributed by atoms with E-state index in [1.165, 1.54) is 34.6 Å². The van der Waals surface area contributed by atoms with E-state index in [-0.39, 0.29) is 6.04 Å². The first-order valence-corrected chi connectivity index (χ1v) is 6.30. The second kappa shape index (κ2) is 4.05. The third-order valence-electron chi connectivity index (χ3n) is 3.09. The molecule has 0 aliphatic heterocycles. The number of hydrogen-bond donors (Lipinski definition) is 2. The predicted molar refractivity (Wildman–Crippen MR) is 64.2 cm³/mol. The van der Waals surface area contributed by atoms with Crippen LogP contribution in [0.15, 0.2) is 29.1 Å². The summed E-state index contributed by atoms with van der Waals surface area (Å²) in [4.78, 5) is 2.81. The molecule has 3 N–H and O–H groups in total. The van der Waals surface area contributed by atoms with Crippen LogP contribution < -0.4 is 11.3 Å². The summed E-state index contributed by atoms with van der Waals surface area (Å²) in [5.41, 5.74) is 5.45. The van der Waals surface area contributed by atoms with Crippen LogP contribution in [-0.2, 0) is 12.8 Å². The van der Waals surface area contributed by atoms with Gasteiger partial charge in [-0.15, -0.1) is 11.3 Å². The van der Waals surface area contributed by atoms with E-state index >= 15 is 0 Å². The SMILES string of the molecule is NNC(c1ccoc1)c1cc2c(s1)CCC2. The Balaban J connectivity index is 1.95. The highest BCUT2D eigenvalue weighted by Gasteiger charge is 2.21. The number of nitrogens with one attached hydrogen (secondary N) is 1. The van der Waals surface area contributed by atoms with E-state index in [0.717, 1.165) is 5.56 Å². The van der Waals surface area contributed by atoms with Crippen LogP contribution in [0.4, 0.5) is 0 Å². The Morgan fingerprint density at radius 3 is 3.06 bits per heavy atom. The molecule has 3 nitrogen and oxygen atoms in total. The number of fused-ring (bicyclic) bond motifs is 1. The van der Waals surface area contributed by atoms with Gasteiger partial charge in [0.25, 0.3) is 0 Å². The zero-order valence-electron chi connectivity index (χ0n) is 8.90. The first-order valence-electron chi connectivity index (χ1n) is 5.48. The minimum Gasteiger partial charge on any atom is -0.472 e. The predicted octanol–water partition coefficient (Wildman–Crippen LogP) is 2.38. The smallest absolute Gasteiger partial charge is 0.0954 e. The van der Waals surface area contributed by atoms with Gasteiger partial charge in [-0.2, -0.15) is 0 Å². The van der Waals surface area contributed by atoms with Gasteiger partial charge in [-0.3, -0.25) is 5.84 Å². The van der Waals surface area contributed by atoms with Crippen molar-refractivity contribution in [3.8, 4) is 0 Å². The minimum atomic E-state index is 0.0642. The lowest BCUT2D eigenvalue weighted by molar-refractivity contribution is 0.554. The van der Waals surface area contributed by atoms with E-state index in [0.29, 0.717) is 0 Å². The number of aryl methyl sites for hydroxylation is 2. The highest BCUT2D eigenvalue weighted by molar-refractivity contribution is 7.12. The fraction of sp³-hybridized carbons (Fsp3) is 0.333. The summed E-state index contributed by atoms with van der Waals surface area (Å²) >= 11 is 1.87. The summed E-state index contributed by atoms with van der Waals surface area (Å²) in [7, 11) is 0. The highest BCUT2D eigenvalue weighted by atomic mass is 32.1. The second-order valence-electron chi connectivity index (χ2n) is 4.11. The van der Waals surface area contributed by atoms with Gasteiger partial charge in [-0.05, 0) is 37.0 Å². The summed E-state index contributed by atoms with van der Waals surface area (Å²) in [5, 5.41) is 0. The molecular formula is C12H14N2OS. The Hall–Kier alpha value is -1.10. The molecule has 1 aliphatic carbocycles. The average Bonchev–Trinajstić information content (AvgIpc) is 2.91. The van der Waals surface area contributed by atoms with Crippen molar-refractivity contribution in [2.24, 2.45) is 5.84 Å². The van der Waals surface area contributed by atoms with Gasteiger partial charge in [0, 0.05) is 15.3 Å². The Morgan fingerprint density at radius 2 is 2.38 bits per heavy atom. The number of thiophene rings is 1. The van der Waals surface area contributed by atoms with Crippen molar-refractivity contribution in [2.45, 2.75) is 25.3 Å². The van der Waals surface area contributed by atoms with Gasteiger partial charge in [-0.25, -0.2) is 5.43 Å². The maximum Gasteiger partial charge on any atom is 0.0954 e. The molecule has 0 fully saturated rings. The molecule has 0 aromatic carbocycles. The molecule has 0 amide bonds. The van der Waals surface area contributed by atoms with Crippen molar-refractivity contribution in [1.82, 2.24) is 5.43 Å². The lowest BCUT2D eigenvalue weighted by atomic mass is 10.1. The van der Waals surface area contributed by atoms with Crippen LogP contribution in [0.3, 0.4) is 0 Å². The largest absolute Gasteiger partial charge is 0.472 e. The van der Waals surface area contributed by atoms with E-state index in [1.54, 1.807) is 12.5 Å². The van der Waals surface area contributed by atoms with E-state index in [4.69, 9.17) is 10.3 Å². The summed E-state index contributed by atoms with van der Waals surface area (Å²) in [6.07, 6.45) is 7.17. The van der Waals surface area contributed by atoms with Gasteiger partial charge in [-0.1, -0.05) is 0 Å². The molecule has 3 rings (SSSR count). The van der Waals surface area contributed by atoms with E-state index in [1.807, 2.05) is 17.4 Å². The van der Waals surface area contributed by atoms with E-state index in [9.17, 15) is 0 Å². The van der Waals surface area contributed by atoms with Gasteiger partial charge < -0.3 is 4.42 Å². The standard InChI is InChI=1S/C12H14N2OS/c13-14-12(9-4-5-15-7-9)11-6-8-2-1-3-10(8)16-11/h4-7,12,14H,1-3,13H2. The van der Waals surface area contributed by atoms with Crippen LogP contribution in [0.25, 0.3) is 0 Å². The summed E-state index contributed by atoms with van der Waals surface area (Å²) in [5.74, 6) is 5.63. The molecule has 0 radical (unpaired) electrons. The summed E-state index contributed by atoms with van der Waals surface area (Å²) in [6.45, 7) is 0. The number of hydrazine groups is 1. The lowest BCUT2D eigenvalue weighted by Gasteiger charge is -2.11. The molecule has 2 aromatic heterocycles. The summed E-state index contributed by atoms with van der Waals surface area (Å²) in [6, 6.07) is 4.30. The normalized spacial score (nSPS) is 16.3. The number of rotatable bonds is 3. The Morgan fingerprint density at radius 1 is 1.44 bits per heavy atom. The molecule has 2 heterocycles. The fourth-order valence-corrected chi connectivity index (χ4v) is 3.62. The Labute approximate surface area is 98.2 Å². The maximum atomic E-state index is 5.63. The van der Waals surface area contributed by atoms with E-state index in [2.05, 4.69) is 11.5 Å². The quantitative estimate of drug-likeness (QED) is 0.633. The molecule has 1 atom stereocenters. The van der Waals surface area contributed by atoms with Crippen LogP contribution >= 0.6 is 11.3 Å². The monoisotopic (exact) mass is 234 g/mol. The second-order valence-corrected chi connectivity index (χ2v) is 5.28.